The average molecular weight is 414 g/mol. The first kappa shape index (κ1) is 18.1. The van der Waals surface area contributed by atoms with Crippen molar-refractivity contribution < 1.29 is 0 Å². The molecule has 3 heterocycles. The molecular weight excluding hydrogens is 390 g/mol. The van der Waals surface area contributed by atoms with Crippen LogP contribution in [-0.2, 0) is 6.54 Å². The van der Waals surface area contributed by atoms with Crippen LogP contribution in [0.4, 0.5) is 5.69 Å². The van der Waals surface area contributed by atoms with E-state index in [-0.39, 0.29) is 0 Å². The molecule has 2 aliphatic rings. The lowest BCUT2D eigenvalue weighted by molar-refractivity contribution is 0.538. The van der Waals surface area contributed by atoms with Crippen molar-refractivity contribution in [1.82, 2.24) is 14.8 Å². The number of hydrogen-bond acceptors (Lipinski definition) is 4. The Labute approximate surface area is 173 Å². The van der Waals surface area contributed by atoms with Crippen molar-refractivity contribution in [2.75, 3.05) is 11.1 Å². The Bertz CT molecular complexity index is 988. The molecule has 0 spiro atoms. The van der Waals surface area contributed by atoms with Crippen LogP contribution < -0.4 is 5.32 Å². The number of thioether (sulfide) groups is 1. The number of aliphatic imine (C=N–C) groups is 1. The molecule has 146 valence electrons. The standard InChI is InChI=1S/C21H24ClN5S/c22-15-10-14-11-19(26-20(14)18(12-15)24-16-4-1-2-5-16)21-25-17(13-28-21)6-9-27-8-3-7-23-27/h3,7-8,10-12,16-17,24,26H,1-2,4-6,9,13H2. The third-order valence-electron chi connectivity index (χ3n) is 5.60. The predicted molar refractivity (Wildman–Crippen MR) is 119 cm³/mol. The molecule has 1 atom stereocenters. The van der Waals surface area contributed by atoms with Crippen LogP contribution in [0, 0.1) is 0 Å². The van der Waals surface area contributed by atoms with Crippen molar-refractivity contribution >= 4 is 45.0 Å². The van der Waals surface area contributed by atoms with Crippen molar-refractivity contribution in [1.29, 1.82) is 0 Å². The van der Waals surface area contributed by atoms with Crippen molar-refractivity contribution in [3.05, 3.63) is 47.4 Å². The first-order valence-electron chi connectivity index (χ1n) is 10.0. The van der Waals surface area contributed by atoms with Crippen LogP contribution in [0.1, 0.15) is 37.8 Å². The van der Waals surface area contributed by atoms with Gasteiger partial charge < -0.3 is 10.3 Å². The van der Waals surface area contributed by atoms with E-state index in [2.05, 4.69) is 21.5 Å². The molecule has 2 aromatic heterocycles. The number of halogens is 1. The Kier molecular flexibility index (Phi) is 5.07. The van der Waals surface area contributed by atoms with Gasteiger partial charge in [0, 0.05) is 41.1 Å². The number of anilines is 1. The van der Waals surface area contributed by atoms with Gasteiger partial charge >= 0.3 is 0 Å². The van der Waals surface area contributed by atoms with Crippen LogP contribution in [0.25, 0.3) is 10.9 Å². The zero-order chi connectivity index (χ0) is 18.9. The number of H-pyrrole nitrogens is 1. The minimum absolute atomic E-state index is 0.343. The molecule has 2 N–H and O–H groups in total. The number of nitrogens with zero attached hydrogens (tertiary/aromatic N) is 3. The second-order valence-electron chi connectivity index (χ2n) is 7.68. The van der Waals surface area contributed by atoms with Crippen LogP contribution >= 0.6 is 23.4 Å². The van der Waals surface area contributed by atoms with E-state index in [1.54, 1.807) is 0 Å². The molecule has 1 aliphatic heterocycles. The Balaban J connectivity index is 1.36. The summed E-state index contributed by atoms with van der Waals surface area (Å²) in [7, 11) is 0. The number of nitrogens with one attached hydrogen (secondary N) is 2. The summed E-state index contributed by atoms with van der Waals surface area (Å²) in [5, 5.41) is 11.0. The lowest BCUT2D eigenvalue weighted by atomic mass is 10.2. The Morgan fingerprint density at radius 2 is 2.14 bits per heavy atom. The van der Waals surface area contributed by atoms with Gasteiger partial charge in [0.25, 0.3) is 0 Å². The molecule has 1 aromatic carbocycles. The third-order valence-corrected chi connectivity index (χ3v) is 6.97. The normalized spacial score (nSPS) is 20.2. The first-order chi connectivity index (χ1) is 13.7. The molecule has 5 rings (SSSR count). The van der Waals surface area contributed by atoms with Gasteiger partial charge in [-0.15, -0.1) is 11.8 Å². The molecule has 0 bridgehead atoms. The smallest absolute Gasteiger partial charge is 0.114 e. The van der Waals surface area contributed by atoms with Crippen LogP contribution in [0.2, 0.25) is 5.02 Å². The second-order valence-corrected chi connectivity index (χ2v) is 9.13. The second kappa shape index (κ2) is 7.84. The van der Waals surface area contributed by atoms with Gasteiger partial charge in [0.05, 0.1) is 22.9 Å². The molecular formula is C21H24ClN5S. The van der Waals surface area contributed by atoms with Gasteiger partial charge in [-0.2, -0.15) is 5.10 Å². The van der Waals surface area contributed by atoms with Gasteiger partial charge in [0.2, 0.25) is 0 Å². The Hall–Kier alpha value is -1.92. The highest BCUT2D eigenvalue weighted by atomic mass is 35.5. The monoisotopic (exact) mass is 413 g/mol. The number of aryl methyl sites for hydroxylation is 1. The molecule has 1 saturated carbocycles. The summed E-state index contributed by atoms with van der Waals surface area (Å²) in [5.41, 5.74) is 3.34. The number of aromatic amines is 1. The van der Waals surface area contributed by atoms with E-state index in [0.29, 0.717) is 12.1 Å². The van der Waals surface area contributed by atoms with E-state index >= 15 is 0 Å². The topological polar surface area (TPSA) is 58.0 Å². The van der Waals surface area contributed by atoms with Gasteiger partial charge in [-0.25, -0.2) is 0 Å². The van der Waals surface area contributed by atoms with E-state index < -0.39 is 0 Å². The molecule has 0 radical (unpaired) electrons. The molecule has 0 amide bonds. The summed E-state index contributed by atoms with van der Waals surface area (Å²) < 4.78 is 1.98. The summed E-state index contributed by atoms with van der Waals surface area (Å²) in [6, 6.07) is 9.12. The van der Waals surface area contributed by atoms with Gasteiger partial charge in [0.1, 0.15) is 5.04 Å². The predicted octanol–water partition coefficient (Wildman–Crippen LogP) is 5.32. The molecule has 7 heteroatoms. The number of hydrogen-bond donors (Lipinski definition) is 2. The largest absolute Gasteiger partial charge is 0.381 e. The van der Waals surface area contributed by atoms with Crippen molar-refractivity contribution in [3.63, 3.8) is 0 Å². The van der Waals surface area contributed by atoms with E-state index in [4.69, 9.17) is 16.6 Å². The number of aromatic nitrogens is 3. The zero-order valence-electron chi connectivity index (χ0n) is 15.7. The van der Waals surface area contributed by atoms with Gasteiger partial charge in [-0.05, 0) is 43.5 Å². The minimum atomic E-state index is 0.343. The maximum Gasteiger partial charge on any atom is 0.114 e. The highest BCUT2D eigenvalue weighted by Gasteiger charge is 2.22. The van der Waals surface area contributed by atoms with Crippen molar-refractivity contribution in [3.8, 4) is 0 Å². The highest BCUT2D eigenvalue weighted by molar-refractivity contribution is 8.14. The minimum Gasteiger partial charge on any atom is -0.381 e. The summed E-state index contributed by atoms with van der Waals surface area (Å²) >= 11 is 8.23. The Morgan fingerprint density at radius 3 is 2.96 bits per heavy atom. The van der Waals surface area contributed by atoms with Crippen molar-refractivity contribution in [2.24, 2.45) is 4.99 Å². The lowest BCUT2D eigenvalue weighted by Crippen LogP contribution is -2.14. The van der Waals surface area contributed by atoms with E-state index in [1.165, 1.54) is 25.7 Å². The van der Waals surface area contributed by atoms with Crippen molar-refractivity contribution in [2.45, 2.75) is 50.7 Å². The van der Waals surface area contributed by atoms with Crippen LogP contribution in [0.5, 0.6) is 0 Å². The summed E-state index contributed by atoms with van der Waals surface area (Å²) in [6.45, 7) is 0.909. The maximum absolute atomic E-state index is 6.39. The summed E-state index contributed by atoms with van der Waals surface area (Å²) in [6.07, 6.45) is 9.94. The van der Waals surface area contributed by atoms with Gasteiger partial charge in [-0.1, -0.05) is 24.4 Å². The van der Waals surface area contributed by atoms with E-state index in [0.717, 1.165) is 51.1 Å². The molecule has 0 saturated heterocycles. The molecule has 5 nitrogen and oxygen atoms in total. The Morgan fingerprint density at radius 1 is 1.25 bits per heavy atom. The summed E-state index contributed by atoms with van der Waals surface area (Å²) in [5.74, 6) is 1.03. The lowest BCUT2D eigenvalue weighted by Gasteiger charge is -2.14. The molecule has 1 aliphatic carbocycles. The fraction of sp³-hybridized carbons (Fsp3) is 0.429. The molecule has 1 fully saturated rings. The SMILES string of the molecule is Clc1cc(NC2CCCC2)c2[nH]c(C3=NC(CCn4cccn4)CS3)cc2c1. The number of rotatable bonds is 6. The molecule has 28 heavy (non-hydrogen) atoms. The fourth-order valence-electron chi connectivity index (χ4n) is 4.15. The third kappa shape index (κ3) is 3.80. The van der Waals surface area contributed by atoms with Crippen LogP contribution in [0.15, 0.2) is 41.7 Å². The quantitative estimate of drug-likeness (QED) is 0.574. The maximum atomic E-state index is 6.39. The number of benzene rings is 1. The summed E-state index contributed by atoms with van der Waals surface area (Å²) in [4.78, 5) is 8.57. The van der Waals surface area contributed by atoms with Crippen LogP contribution in [-0.4, -0.2) is 37.6 Å². The van der Waals surface area contributed by atoms with E-state index in [9.17, 15) is 0 Å². The zero-order valence-corrected chi connectivity index (χ0v) is 17.3. The fourth-order valence-corrected chi connectivity index (χ4v) is 5.46. The van der Waals surface area contributed by atoms with Crippen LogP contribution in [0.3, 0.4) is 0 Å². The molecule has 1 unspecified atom stereocenters. The number of fused-ring (bicyclic) bond motifs is 1. The van der Waals surface area contributed by atoms with E-state index in [1.807, 2.05) is 47.0 Å². The average Bonchev–Trinajstić information content (AvgIpc) is 3.45. The highest BCUT2D eigenvalue weighted by Crippen LogP contribution is 2.33. The van der Waals surface area contributed by atoms with Gasteiger partial charge in [-0.3, -0.25) is 9.67 Å². The van der Waals surface area contributed by atoms with Gasteiger partial charge in [0.15, 0.2) is 0 Å². The first-order valence-corrected chi connectivity index (χ1v) is 11.4. The molecule has 3 aromatic rings.